The van der Waals surface area contributed by atoms with Crippen LogP contribution < -0.4 is 0 Å². The molecule has 1 unspecified atom stereocenters. The van der Waals surface area contributed by atoms with E-state index in [1.165, 1.54) is 25.3 Å². The SMILES string of the molecule is COC(=O)c1ccc([N+](=O)[O-])c([C@H]2CC(C)CN2[S@](=O)C(C)(C)C)c1. The Morgan fingerprint density at radius 2 is 2.04 bits per heavy atom. The molecule has 0 spiro atoms. The van der Waals surface area contributed by atoms with Crippen LogP contribution in [-0.4, -0.2) is 37.8 Å². The number of nitro benzene ring substituents is 1. The first-order valence-electron chi connectivity index (χ1n) is 8.11. The third-order valence-electron chi connectivity index (χ3n) is 4.21. The normalized spacial score (nSPS) is 22.6. The number of esters is 1. The van der Waals surface area contributed by atoms with Gasteiger partial charge in [-0.3, -0.25) is 10.1 Å². The highest BCUT2D eigenvalue weighted by Crippen LogP contribution is 2.42. The minimum absolute atomic E-state index is 0.0670. The van der Waals surface area contributed by atoms with E-state index >= 15 is 0 Å². The Morgan fingerprint density at radius 1 is 1.40 bits per heavy atom. The van der Waals surface area contributed by atoms with Crippen LogP contribution in [0.2, 0.25) is 0 Å². The quantitative estimate of drug-likeness (QED) is 0.462. The van der Waals surface area contributed by atoms with Crippen molar-refractivity contribution in [1.82, 2.24) is 4.31 Å². The molecular formula is C17H24N2O5S. The molecule has 1 aromatic carbocycles. The highest BCUT2D eigenvalue weighted by Gasteiger charge is 2.41. The number of rotatable bonds is 4. The van der Waals surface area contributed by atoms with Gasteiger partial charge in [-0.05, 0) is 45.2 Å². The highest BCUT2D eigenvalue weighted by molar-refractivity contribution is 7.84. The molecule has 2 rings (SSSR count). The zero-order chi connectivity index (χ0) is 18.9. The van der Waals surface area contributed by atoms with Crippen molar-refractivity contribution in [2.24, 2.45) is 5.92 Å². The maximum absolute atomic E-state index is 12.9. The molecule has 138 valence electrons. The number of hydrogen-bond acceptors (Lipinski definition) is 5. The Balaban J connectivity index is 2.54. The predicted molar refractivity (Wildman–Crippen MR) is 95.6 cm³/mol. The summed E-state index contributed by atoms with van der Waals surface area (Å²) in [6.07, 6.45) is 0.646. The van der Waals surface area contributed by atoms with Crippen molar-refractivity contribution in [3.63, 3.8) is 0 Å². The zero-order valence-electron chi connectivity index (χ0n) is 15.1. The molecule has 1 saturated heterocycles. The van der Waals surface area contributed by atoms with Gasteiger partial charge in [0, 0.05) is 18.2 Å². The molecule has 0 bridgehead atoms. The Bertz CT molecular complexity index is 713. The van der Waals surface area contributed by atoms with Gasteiger partial charge in [-0.15, -0.1) is 0 Å². The molecule has 1 heterocycles. The van der Waals surface area contributed by atoms with Crippen LogP contribution >= 0.6 is 0 Å². The lowest BCUT2D eigenvalue weighted by molar-refractivity contribution is -0.385. The van der Waals surface area contributed by atoms with Crippen LogP contribution in [0.1, 0.15) is 56.1 Å². The molecule has 0 aliphatic carbocycles. The van der Waals surface area contributed by atoms with Crippen molar-refractivity contribution in [1.29, 1.82) is 0 Å². The van der Waals surface area contributed by atoms with Gasteiger partial charge in [0.15, 0.2) is 0 Å². The summed E-state index contributed by atoms with van der Waals surface area (Å²) >= 11 is 0. The van der Waals surface area contributed by atoms with E-state index in [4.69, 9.17) is 4.74 Å². The summed E-state index contributed by atoms with van der Waals surface area (Å²) in [5.41, 5.74) is 0.599. The van der Waals surface area contributed by atoms with Gasteiger partial charge in [-0.1, -0.05) is 6.92 Å². The Labute approximate surface area is 150 Å². The molecule has 25 heavy (non-hydrogen) atoms. The molecule has 7 nitrogen and oxygen atoms in total. The third-order valence-corrected chi connectivity index (χ3v) is 6.08. The second-order valence-corrected chi connectivity index (χ2v) is 9.53. The van der Waals surface area contributed by atoms with Crippen molar-refractivity contribution in [3.8, 4) is 0 Å². The van der Waals surface area contributed by atoms with Crippen LogP contribution in [0, 0.1) is 16.0 Å². The number of ether oxygens (including phenoxy) is 1. The molecule has 0 amide bonds. The molecule has 1 aliphatic rings. The summed E-state index contributed by atoms with van der Waals surface area (Å²) in [6.45, 7) is 8.25. The number of nitrogens with zero attached hydrogens (tertiary/aromatic N) is 2. The van der Waals surface area contributed by atoms with Gasteiger partial charge in [0.25, 0.3) is 5.69 Å². The van der Waals surface area contributed by atoms with Gasteiger partial charge in [-0.2, -0.15) is 0 Å². The second kappa shape index (κ2) is 7.21. The lowest BCUT2D eigenvalue weighted by atomic mass is 9.98. The fourth-order valence-electron chi connectivity index (χ4n) is 3.06. The second-order valence-electron chi connectivity index (χ2n) is 7.34. The van der Waals surface area contributed by atoms with E-state index in [0.717, 1.165) is 0 Å². The summed E-state index contributed by atoms with van der Waals surface area (Å²) in [6, 6.07) is 3.83. The molecule has 3 atom stereocenters. The summed E-state index contributed by atoms with van der Waals surface area (Å²) < 4.78 is 19.0. The van der Waals surface area contributed by atoms with Crippen LogP contribution in [0.5, 0.6) is 0 Å². The fourth-order valence-corrected chi connectivity index (χ4v) is 4.58. The summed E-state index contributed by atoms with van der Waals surface area (Å²) in [4.78, 5) is 22.9. The van der Waals surface area contributed by atoms with Crippen molar-refractivity contribution in [3.05, 3.63) is 39.4 Å². The van der Waals surface area contributed by atoms with E-state index in [2.05, 4.69) is 0 Å². The highest BCUT2D eigenvalue weighted by atomic mass is 32.2. The van der Waals surface area contributed by atoms with Crippen LogP contribution in [-0.2, 0) is 15.7 Å². The number of carbonyl (C=O) groups excluding carboxylic acids is 1. The van der Waals surface area contributed by atoms with E-state index in [1.807, 2.05) is 32.0 Å². The van der Waals surface area contributed by atoms with Crippen LogP contribution in [0.3, 0.4) is 0 Å². The van der Waals surface area contributed by atoms with E-state index < -0.39 is 26.6 Å². The molecule has 1 aliphatic heterocycles. The first kappa shape index (κ1) is 19.5. The minimum atomic E-state index is -1.31. The van der Waals surface area contributed by atoms with Gasteiger partial charge >= 0.3 is 5.97 Å². The average Bonchev–Trinajstić information content (AvgIpc) is 2.93. The summed E-state index contributed by atoms with van der Waals surface area (Å²) in [5.74, 6) is -0.302. The van der Waals surface area contributed by atoms with Crippen molar-refractivity contribution in [2.45, 2.75) is 44.9 Å². The minimum Gasteiger partial charge on any atom is -0.465 e. The molecule has 0 radical (unpaired) electrons. The van der Waals surface area contributed by atoms with Crippen LogP contribution in [0.4, 0.5) is 5.69 Å². The van der Waals surface area contributed by atoms with Crippen molar-refractivity contribution in [2.75, 3.05) is 13.7 Å². The molecule has 0 saturated carbocycles. The summed E-state index contributed by atoms with van der Waals surface area (Å²) in [5, 5.41) is 11.5. The summed E-state index contributed by atoms with van der Waals surface area (Å²) in [7, 11) is -0.0441. The van der Waals surface area contributed by atoms with Gasteiger partial charge in [0.05, 0.1) is 28.4 Å². The molecule has 1 aromatic rings. The first-order valence-corrected chi connectivity index (χ1v) is 9.22. The van der Waals surface area contributed by atoms with Crippen LogP contribution in [0.25, 0.3) is 0 Å². The first-order chi connectivity index (χ1) is 11.6. The monoisotopic (exact) mass is 368 g/mol. The van der Waals surface area contributed by atoms with Gasteiger partial charge < -0.3 is 4.74 Å². The van der Waals surface area contributed by atoms with Crippen molar-refractivity contribution < 1.29 is 18.7 Å². The van der Waals surface area contributed by atoms with Crippen LogP contribution in [0.15, 0.2) is 18.2 Å². The molecule has 0 aromatic heterocycles. The number of carbonyl (C=O) groups is 1. The van der Waals surface area contributed by atoms with Gasteiger partial charge in [-0.25, -0.2) is 13.3 Å². The largest absolute Gasteiger partial charge is 0.465 e. The van der Waals surface area contributed by atoms with E-state index in [9.17, 15) is 19.1 Å². The van der Waals surface area contributed by atoms with E-state index in [0.29, 0.717) is 18.5 Å². The molecule has 0 N–H and O–H groups in total. The van der Waals surface area contributed by atoms with E-state index in [1.54, 1.807) is 0 Å². The lowest BCUT2D eigenvalue weighted by Crippen LogP contribution is -2.37. The smallest absolute Gasteiger partial charge is 0.337 e. The Hall–Kier alpha value is -1.80. The maximum Gasteiger partial charge on any atom is 0.337 e. The third kappa shape index (κ3) is 4.07. The lowest BCUT2D eigenvalue weighted by Gasteiger charge is -2.30. The number of nitro groups is 1. The number of hydrogen-bond donors (Lipinski definition) is 0. The zero-order valence-corrected chi connectivity index (χ0v) is 16.0. The molecule has 1 fully saturated rings. The van der Waals surface area contributed by atoms with Crippen molar-refractivity contribution >= 4 is 22.6 Å². The average molecular weight is 368 g/mol. The maximum atomic E-state index is 12.9. The van der Waals surface area contributed by atoms with Gasteiger partial charge in [0.1, 0.15) is 11.0 Å². The fraction of sp³-hybridized carbons (Fsp3) is 0.588. The molecular weight excluding hydrogens is 344 g/mol. The topological polar surface area (TPSA) is 89.8 Å². The van der Waals surface area contributed by atoms with E-state index in [-0.39, 0.29) is 23.2 Å². The Kier molecular flexibility index (Phi) is 5.63. The predicted octanol–water partition coefficient (Wildman–Crippen LogP) is 3.23. The Morgan fingerprint density at radius 3 is 2.56 bits per heavy atom. The number of methoxy groups -OCH3 is 1. The van der Waals surface area contributed by atoms with Gasteiger partial charge in [0.2, 0.25) is 0 Å². The number of benzene rings is 1. The molecule has 8 heteroatoms. The standard InChI is InChI=1S/C17H24N2O5S/c1-11-8-15(18(10-11)25(23)17(2,3)4)13-9-12(16(20)24-5)6-7-14(13)19(21)22/h6-7,9,11,15H,8,10H2,1-5H3/t11?,15-,25-/m1/s1.